The van der Waals surface area contributed by atoms with Gasteiger partial charge in [-0.3, -0.25) is 4.79 Å². The van der Waals surface area contributed by atoms with Gasteiger partial charge in [0, 0.05) is 7.11 Å². The predicted octanol–water partition coefficient (Wildman–Crippen LogP) is -0.426. The molecule has 0 saturated heterocycles. The molecule has 0 radical (unpaired) electrons. The lowest BCUT2D eigenvalue weighted by molar-refractivity contribution is -0.114. The largest absolute Gasteiger partial charge is 0.412 e. The van der Waals surface area contributed by atoms with Crippen LogP contribution < -0.4 is 0 Å². The van der Waals surface area contributed by atoms with Gasteiger partial charge in [0.1, 0.15) is 6.61 Å². The van der Waals surface area contributed by atoms with Crippen LogP contribution in [0.25, 0.3) is 0 Å². The van der Waals surface area contributed by atoms with Crippen LogP contribution in [0.3, 0.4) is 0 Å². The standard InChI is InChI=1S/C3H5ClO2.H2O/c1-6-2-3(4)5;/h2H2,1H3;1H2. The van der Waals surface area contributed by atoms with E-state index in [9.17, 15) is 4.79 Å². The third-order valence-corrected chi connectivity index (χ3v) is 0.367. The topological polar surface area (TPSA) is 57.8 Å². The molecule has 0 atom stereocenters. The number of hydrogen-bond donors (Lipinski definition) is 0. The third-order valence-electron chi connectivity index (χ3n) is 0.258. The van der Waals surface area contributed by atoms with Gasteiger partial charge in [-0.2, -0.15) is 0 Å². The third kappa shape index (κ3) is 10.7. The Hall–Kier alpha value is -0.120. The molecule has 0 spiro atoms. The fourth-order valence-corrected chi connectivity index (χ4v) is 0.223. The van der Waals surface area contributed by atoms with Crippen molar-refractivity contribution < 1.29 is 15.0 Å². The average Bonchev–Trinajstić information content (AvgIpc) is 1.35. The minimum absolute atomic E-state index is 0. The van der Waals surface area contributed by atoms with Gasteiger partial charge in [-0.1, -0.05) is 0 Å². The Morgan fingerprint density at radius 3 is 2.29 bits per heavy atom. The Morgan fingerprint density at radius 1 is 1.86 bits per heavy atom. The number of hydrogen-bond acceptors (Lipinski definition) is 2. The van der Waals surface area contributed by atoms with Crippen molar-refractivity contribution in [3.63, 3.8) is 0 Å². The summed E-state index contributed by atoms with van der Waals surface area (Å²) < 4.78 is 4.32. The number of methoxy groups -OCH3 is 1. The normalized spacial score (nSPS) is 7.14. The van der Waals surface area contributed by atoms with E-state index in [0.29, 0.717) is 0 Å². The molecule has 0 saturated carbocycles. The minimum Gasteiger partial charge on any atom is -0.412 e. The number of rotatable bonds is 2. The van der Waals surface area contributed by atoms with Gasteiger partial charge in [-0.25, -0.2) is 0 Å². The molecule has 44 valence electrons. The summed E-state index contributed by atoms with van der Waals surface area (Å²) >= 11 is 4.81. The molecule has 7 heavy (non-hydrogen) atoms. The van der Waals surface area contributed by atoms with Crippen molar-refractivity contribution in [3.05, 3.63) is 0 Å². The van der Waals surface area contributed by atoms with Crippen LogP contribution in [0.4, 0.5) is 0 Å². The molecule has 2 N–H and O–H groups in total. The summed E-state index contributed by atoms with van der Waals surface area (Å²) in [5.41, 5.74) is 0. The van der Waals surface area contributed by atoms with Crippen molar-refractivity contribution >= 4 is 16.8 Å². The van der Waals surface area contributed by atoms with E-state index in [-0.39, 0.29) is 12.1 Å². The molecular weight excluding hydrogens is 119 g/mol. The summed E-state index contributed by atoms with van der Waals surface area (Å²) in [5, 5.41) is -0.461. The van der Waals surface area contributed by atoms with E-state index in [2.05, 4.69) is 4.74 Å². The van der Waals surface area contributed by atoms with Crippen LogP contribution in [-0.2, 0) is 9.53 Å². The van der Waals surface area contributed by atoms with E-state index in [4.69, 9.17) is 11.6 Å². The zero-order chi connectivity index (χ0) is 4.99. The van der Waals surface area contributed by atoms with Crippen molar-refractivity contribution in [3.8, 4) is 0 Å². The van der Waals surface area contributed by atoms with Crippen molar-refractivity contribution in [2.45, 2.75) is 0 Å². The lowest BCUT2D eigenvalue weighted by atomic mass is 10.8. The van der Waals surface area contributed by atoms with Crippen molar-refractivity contribution in [2.24, 2.45) is 0 Å². The Bertz CT molecular complexity index is 54.1. The second kappa shape index (κ2) is 5.88. The number of halogens is 1. The Balaban J connectivity index is 0. The van der Waals surface area contributed by atoms with Gasteiger partial charge in [0.15, 0.2) is 0 Å². The monoisotopic (exact) mass is 126 g/mol. The fourth-order valence-electron chi connectivity index (χ4n) is 0.113. The van der Waals surface area contributed by atoms with Gasteiger partial charge < -0.3 is 10.2 Å². The van der Waals surface area contributed by atoms with Crippen molar-refractivity contribution in [1.82, 2.24) is 0 Å². The molecule has 0 bridgehead atoms. The molecule has 3 nitrogen and oxygen atoms in total. The highest BCUT2D eigenvalue weighted by molar-refractivity contribution is 6.63. The Labute approximate surface area is 46.5 Å². The van der Waals surface area contributed by atoms with E-state index in [1.54, 1.807) is 0 Å². The van der Waals surface area contributed by atoms with Gasteiger partial charge in [0.2, 0.25) is 5.24 Å². The molecule has 0 aromatic rings. The van der Waals surface area contributed by atoms with Gasteiger partial charge >= 0.3 is 0 Å². The molecule has 0 aromatic heterocycles. The molecule has 0 aromatic carbocycles. The lowest BCUT2D eigenvalue weighted by Gasteiger charge is -1.82. The highest BCUT2D eigenvalue weighted by Gasteiger charge is 1.87. The molecule has 0 aliphatic carbocycles. The second-order valence-corrected chi connectivity index (χ2v) is 1.21. The first-order valence-corrected chi connectivity index (χ1v) is 1.82. The number of carbonyl (C=O) groups is 1. The molecule has 0 unspecified atom stereocenters. The van der Waals surface area contributed by atoms with Crippen molar-refractivity contribution in [2.75, 3.05) is 13.7 Å². The fraction of sp³-hybridized carbons (Fsp3) is 0.667. The summed E-state index contributed by atoms with van der Waals surface area (Å²) in [4.78, 5) is 9.68. The van der Waals surface area contributed by atoms with E-state index in [0.717, 1.165) is 0 Å². The summed E-state index contributed by atoms with van der Waals surface area (Å²) in [6.45, 7) is 0.00154. The second-order valence-electron chi connectivity index (χ2n) is 0.788. The van der Waals surface area contributed by atoms with Crippen LogP contribution in [0.15, 0.2) is 0 Å². The van der Waals surface area contributed by atoms with Gasteiger partial charge in [-0.05, 0) is 11.6 Å². The van der Waals surface area contributed by atoms with Gasteiger partial charge in [-0.15, -0.1) is 0 Å². The molecule has 0 fully saturated rings. The minimum atomic E-state index is -0.461. The van der Waals surface area contributed by atoms with Crippen LogP contribution in [0.2, 0.25) is 0 Å². The quantitative estimate of drug-likeness (QED) is 0.472. The molecule has 4 heteroatoms. The smallest absolute Gasteiger partial charge is 0.247 e. The summed E-state index contributed by atoms with van der Waals surface area (Å²) in [7, 11) is 1.42. The van der Waals surface area contributed by atoms with Crippen LogP contribution in [-0.4, -0.2) is 24.4 Å². The zero-order valence-electron chi connectivity index (χ0n) is 3.90. The highest BCUT2D eigenvalue weighted by Crippen LogP contribution is 1.76. The first-order valence-electron chi connectivity index (χ1n) is 1.44. The predicted molar refractivity (Wildman–Crippen MR) is 26.3 cm³/mol. The molecule has 0 heterocycles. The van der Waals surface area contributed by atoms with Crippen LogP contribution in [0.1, 0.15) is 0 Å². The van der Waals surface area contributed by atoms with Crippen LogP contribution in [0.5, 0.6) is 0 Å². The average molecular weight is 127 g/mol. The number of ether oxygens (including phenoxy) is 1. The maximum atomic E-state index is 9.68. The molecule has 0 rings (SSSR count). The maximum Gasteiger partial charge on any atom is 0.247 e. The first-order chi connectivity index (χ1) is 2.77. The van der Waals surface area contributed by atoms with Gasteiger partial charge in [0.25, 0.3) is 0 Å². The van der Waals surface area contributed by atoms with E-state index >= 15 is 0 Å². The molecule has 0 aliphatic rings. The van der Waals surface area contributed by atoms with Gasteiger partial charge in [0.05, 0.1) is 0 Å². The number of carbonyl (C=O) groups excluding carboxylic acids is 1. The summed E-state index contributed by atoms with van der Waals surface area (Å²) in [5.74, 6) is 0. The van der Waals surface area contributed by atoms with Crippen molar-refractivity contribution in [1.29, 1.82) is 0 Å². The highest BCUT2D eigenvalue weighted by atomic mass is 35.5. The Kier molecular flexibility index (Phi) is 8.39. The van der Waals surface area contributed by atoms with Crippen LogP contribution in [0, 0.1) is 0 Å². The molecular formula is C3H7ClO3. The summed E-state index contributed by atoms with van der Waals surface area (Å²) in [6, 6.07) is 0. The summed E-state index contributed by atoms with van der Waals surface area (Å²) in [6.07, 6.45) is 0. The molecule has 0 amide bonds. The Morgan fingerprint density at radius 2 is 2.29 bits per heavy atom. The van der Waals surface area contributed by atoms with E-state index < -0.39 is 5.24 Å². The van der Waals surface area contributed by atoms with E-state index in [1.165, 1.54) is 7.11 Å². The maximum absolute atomic E-state index is 9.68. The van der Waals surface area contributed by atoms with E-state index in [1.807, 2.05) is 0 Å². The zero-order valence-corrected chi connectivity index (χ0v) is 4.66. The SMILES string of the molecule is COCC(=O)Cl.O. The lowest BCUT2D eigenvalue weighted by Crippen LogP contribution is -1.95. The first kappa shape index (κ1) is 9.99. The molecule has 0 aliphatic heterocycles. The van der Waals surface area contributed by atoms with Crippen LogP contribution >= 0.6 is 11.6 Å².